The molecule has 0 bridgehead atoms. The lowest BCUT2D eigenvalue weighted by atomic mass is 10.3. The van der Waals surface area contributed by atoms with E-state index >= 15 is 0 Å². The summed E-state index contributed by atoms with van der Waals surface area (Å²) in [4.78, 5) is 26.0. The van der Waals surface area contributed by atoms with Gasteiger partial charge in [-0.3, -0.25) is 9.89 Å². The third-order valence-electron chi connectivity index (χ3n) is 4.50. The molecule has 2 aromatic heterocycles. The summed E-state index contributed by atoms with van der Waals surface area (Å²) in [5, 5.41) is 14.0. The molecule has 0 atom stereocenters. The highest BCUT2D eigenvalue weighted by Gasteiger charge is 2.25. The number of hydrogen-bond donors (Lipinski definition) is 3. The molecule has 0 radical (unpaired) electrons. The van der Waals surface area contributed by atoms with E-state index in [0.29, 0.717) is 35.7 Å². The number of benzene rings is 1. The van der Waals surface area contributed by atoms with Crippen LogP contribution in [0.2, 0.25) is 0 Å². The predicted molar refractivity (Wildman–Crippen MR) is 113 cm³/mol. The second-order valence-electron chi connectivity index (χ2n) is 6.85. The van der Waals surface area contributed by atoms with Crippen molar-refractivity contribution in [2.45, 2.75) is 55.5 Å². The lowest BCUT2D eigenvalue weighted by Gasteiger charge is -2.07. The van der Waals surface area contributed by atoms with Gasteiger partial charge in [0.15, 0.2) is 11.0 Å². The summed E-state index contributed by atoms with van der Waals surface area (Å²) in [6.07, 6.45) is 3.60. The highest BCUT2D eigenvalue weighted by Crippen LogP contribution is 2.39. The Bertz CT molecular complexity index is 998. The van der Waals surface area contributed by atoms with Crippen LogP contribution in [0.5, 0.6) is 0 Å². The Morgan fingerprint density at radius 2 is 1.97 bits per heavy atom. The normalized spacial score (nSPS) is 13.3. The monoisotopic (exact) mass is 409 g/mol. The average Bonchev–Trinajstić information content (AvgIpc) is 3.48. The van der Waals surface area contributed by atoms with Gasteiger partial charge in [-0.15, -0.1) is 0 Å². The number of aryl methyl sites for hydroxylation is 1. The number of amides is 1. The van der Waals surface area contributed by atoms with Crippen molar-refractivity contribution in [2.75, 3.05) is 10.6 Å². The number of aromatic nitrogens is 5. The van der Waals surface area contributed by atoms with E-state index < -0.39 is 0 Å². The van der Waals surface area contributed by atoms with Crippen LogP contribution in [0.25, 0.3) is 0 Å². The summed E-state index contributed by atoms with van der Waals surface area (Å²) in [6.45, 7) is 3.84. The van der Waals surface area contributed by atoms with Gasteiger partial charge in [-0.1, -0.05) is 13.8 Å². The van der Waals surface area contributed by atoms with Gasteiger partial charge in [0.25, 0.3) is 0 Å². The van der Waals surface area contributed by atoms with Gasteiger partial charge in [0.05, 0.1) is 0 Å². The minimum absolute atomic E-state index is 0.00520. The fourth-order valence-corrected chi connectivity index (χ4v) is 3.50. The topological polar surface area (TPSA) is 108 Å². The molecule has 0 spiro atoms. The van der Waals surface area contributed by atoms with Crippen LogP contribution >= 0.6 is 11.8 Å². The van der Waals surface area contributed by atoms with E-state index in [1.54, 1.807) is 0 Å². The smallest absolute Gasteiger partial charge is 0.232 e. The zero-order chi connectivity index (χ0) is 20.2. The highest BCUT2D eigenvalue weighted by atomic mass is 32.2. The summed E-state index contributed by atoms with van der Waals surface area (Å²) in [7, 11) is 0. The first-order chi connectivity index (χ1) is 14.1. The van der Waals surface area contributed by atoms with Crippen molar-refractivity contribution in [3.8, 4) is 0 Å². The molecule has 1 aliphatic carbocycles. The molecule has 1 fully saturated rings. The zero-order valence-corrected chi connectivity index (χ0v) is 17.2. The lowest BCUT2D eigenvalue weighted by Crippen LogP contribution is -2.09. The number of carbonyl (C=O) groups excluding carboxylic acids is 1. The van der Waals surface area contributed by atoms with Gasteiger partial charge in [0.1, 0.15) is 5.82 Å². The third-order valence-corrected chi connectivity index (χ3v) is 5.37. The van der Waals surface area contributed by atoms with E-state index in [2.05, 4.69) is 35.8 Å². The first-order valence-corrected chi connectivity index (χ1v) is 10.6. The van der Waals surface area contributed by atoms with Crippen LogP contribution in [-0.2, 0) is 11.2 Å². The fourth-order valence-electron chi connectivity index (χ4n) is 2.74. The largest absolute Gasteiger partial charge is 0.326 e. The molecule has 1 aromatic carbocycles. The predicted octanol–water partition coefficient (Wildman–Crippen LogP) is 4.28. The van der Waals surface area contributed by atoms with E-state index in [-0.39, 0.29) is 5.91 Å². The Morgan fingerprint density at radius 1 is 1.17 bits per heavy atom. The van der Waals surface area contributed by atoms with Crippen molar-refractivity contribution in [1.29, 1.82) is 0 Å². The summed E-state index contributed by atoms with van der Waals surface area (Å²) in [5.41, 5.74) is 1.93. The van der Waals surface area contributed by atoms with E-state index in [1.807, 2.05) is 44.2 Å². The quantitative estimate of drug-likeness (QED) is 0.509. The summed E-state index contributed by atoms with van der Waals surface area (Å²) < 4.78 is 0. The summed E-state index contributed by atoms with van der Waals surface area (Å²) >= 11 is 1.45. The van der Waals surface area contributed by atoms with Crippen molar-refractivity contribution < 1.29 is 4.79 Å². The first-order valence-electron chi connectivity index (χ1n) is 9.78. The Morgan fingerprint density at radius 3 is 2.66 bits per heavy atom. The number of H-pyrrole nitrogens is 1. The number of aromatic amines is 1. The molecule has 0 unspecified atom stereocenters. The Balaban J connectivity index is 1.47. The minimum atomic E-state index is -0.00520. The van der Waals surface area contributed by atoms with Gasteiger partial charge < -0.3 is 10.6 Å². The molecule has 8 nitrogen and oxygen atoms in total. The SMILES string of the molecule is CCC(=O)Nc1ccc(Sc2nc(CC)nc(Nc3cc(C4CC4)[nH]n3)n2)cc1. The molecule has 1 amide bonds. The number of anilines is 3. The van der Waals surface area contributed by atoms with E-state index in [4.69, 9.17) is 0 Å². The molecule has 29 heavy (non-hydrogen) atoms. The maximum atomic E-state index is 11.5. The van der Waals surface area contributed by atoms with Crippen LogP contribution in [0.3, 0.4) is 0 Å². The van der Waals surface area contributed by atoms with Gasteiger partial charge in [0.2, 0.25) is 11.9 Å². The Hall–Kier alpha value is -2.94. The fraction of sp³-hybridized carbons (Fsp3) is 0.350. The molecule has 2 heterocycles. The number of rotatable bonds is 8. The first kappa shape index (κ1) is 19.4. The van der Waals surface area contributed by atoms with Crippen LogP contribution in [-0.4, -0.2) is 31.1 Å². The van der Waals surface area contributed by atoms with Crippen molar-refractivity contribution in [1.82, 2.24) is 25.1 Å². The standard InChI is InChI=1S/C20H23N7OS/c1-3-16-22-19(23-17-11-15(26-27-17)12-5-6-12)25-20(24-16)29-14-9-7-13(8-10-14)21-18(28)4-2/h7-12H,3-6H2,1-2H3,(H,21,28)(H2,22,23,24,25,26,27). The van der Waals surface area contributed by atoms with Gasteiger partial charge in [-0.25, -0.2) is 4.98 Å². The van der Waals surface area contributed by atoms with Crippen LogP contribution in [0, 0.1) is 0 Å². The lowest BCUT2D eigenvalue weighted by molar-refractivity contribution is -0.115. The molecule has 3 aromatic rings. The molecule has 3 N–H and O–H groups in total. The van der Waals surface area contributed by atoms with Crippen LogP contribution in [0.4, 0.5) is 17.5 Å². The van der Waals surface area contributed by atoms with E-state index in [1.165, 1.54) is 24.6 Å². The molecule has 4 rings (SSSR count). The molecule has 1 aliphatic rings. The average molecular weight is 410 g/mol. The number of hydrogen-bond acceptors (Lipinski definition) is 7. The zero-order valence-electron chi connectivity index (χ0n) is 16.4. The molecular formula is C20H23N7OS. The number of carbonyl (C=O) groups is 1. The van der Waals surface area contributed by atoms with E-state index in [9.17, 15) is 4.79 Å². The Labute approximate surface area is 173 Å². The number of nitrogens with one attached hydrogen (secondary N) is 3. The van der Waals surface area contributed by atoms with Gasteiger partial charge >= 0.3 is 0 Å². The van der Waals surface area contributed by atoms with Crippen LogP contribution < -0.4 is 10.6 Å². The minimum Gasteiger partial charge on any atom is -0.326 e. The molecule has 0 aliphatic heterocycles. The number of nitrogens with zero attached hydrogens (tertiary/aromatic N) is 4. The van der Waals surface area contributed by atoms with Crippen molar-refractivity contribution >= 4 is 35.1 Å². The van der Waals surface area contributed by atoms with Crippen LogP contribution in [0.15, 0.2) is 40.4 Å². The second-order valence-corrected chi connectivity index (χ2v) is 7.89. The molecule has 1 saturated carbocycles. The molecular weight excluding hydrogens is 386 g/mol. The van der Waals surface area contributed by atoms with Crippen molar-refractivity contribution in [2.24, 2.45) is 0 Å². The maximum absolute atomic E-state index is 11.5. The van der Waals surface area contributed by atoms with Crippen LogP contribution in [0.1, 0.15) is 50.5 Å². The molecule has 0 saturated heterocycles. The van der Waals surface area contributed by atoms with Gasteiger partial charge in [0, 0.05) is 41.1 Å². The van der Waals surface area contributed by atoms with E-state index in [0.717, 1.165) is 22.1 Å². The maximum Gasteiger partial charge on any atom is 0.232 e. The van der Waals surface area contributed by atoms with Gasteiger partial charge in [-0.05, 0) is 48.9 Å². The third kappa shape index (κ3) is 5.11. The summed E-state index contributed by atoms with van der Waals surface area (Å²) in [6, 6.07) is 9.64. The summed E-state index contributed by atoms with van der Waals surface area (Å²) in [5.74, 6) is 2.52. The molecule has 9 heteroatoms. The Kier molecular flexibility index (Phi) is 5.75. The van der Waals surface area contributed by atoms with Gasteiger partial charge in [-0.2, -0.15) is 15.1 Å². The second kappa shape index (κ2) is 8.60. The highest BCUT2D eigenvalue weighted by molar-refractivity contribution is 7.99. The van der Waals surface area contributed by atoms with Crippen molar-refractivity contribution in [3.05, 3.63) is 41.9 Å². The molecule has 150 valence electrons. The van der Waals surface area contributed by atoms with Crippen molar-refractivity contribution in [3.63, 3.8) is 0 Å².